The van der Waals surface area contributed by atoms with E-state index in [-0.39, 0.29) is 11.5 Å². The lowest BCUT2D eigenvalue weighted by Crippen LogP contribution is -2.35. The average molecular weight is 155 g/mol. The van der Waals surface area contributed by atoms with Gasteiger partial charge in [0.2, 0.25) is 0 Å². The Labute approximate surface area is 67.9 Å². The minimum atomic E-state index is -0.0169. The van der Waals surface area contributed by atoms with Crippen LogP contribution in [0.4, 0.5) is 0 Å². The van der Waals surface area contributed by atoms with Crippen LogP contribution < -0.4 is 11.5 Å². The number of hydrogen-bond donors (Lipinski definition) is 2. The van der Waals surface area contributed by atoms with Crippen molar-refractivity contribution < 1.29 is 0 Å². The molecule has 1 unspecified atom stereocenters. The maximum Gasteiger partial charge on any atom is 0.111 e. The summed E-state index contributed by atoms with van der Waals surface area (Å²) in [4.78, 5) is 4.23. The average Bonchev–Trinajstić information content (AvgIpc) is 2.03. The maximum absolute atomic E-state index is 5.74. The standard InChI is InChI=1S/C8H17N3/c1-8(2)4-3-6(9)7(10)11-5-8/h6H,3-5,9H2,1-2H3,(H2,10,11). The minimum absolute atomic E-state index is 0.0169. The number of amidine groups is 1. The van der Waals surface area contributed by atoms with Crippen LogP contribution in [0.3, 0.4) is 0 Å². The fourth-order valence-electron chi connectivity index (χ4n) is 1.20. The van der Waals surface area contributed by atoms with Gasteiger partial charge in [-0.05, 0) is 18.3 Å². The molecule has 0 aliphatic carbocycles. The quantitative estimate of drug-likeness (QED) is 0.534. The topological polar surface area (TPSA) is 64.4 Å². The molecule has 3 heteroatoms. The van der Waals surface area contributed by atoms with Gasteiger partial charge in [-0.2, -0.15) is 0 Å². The Balaban J connectivity index is 2.67. The minimum Gasteiger partial charge on any atom is -0.386 e. The molecule has 1 heterocycles. The van der Waals surface area contributed by atoms with Crippen molar-refractivity contribution in [3.05, 3.63) is 0 Å². The largest absolute Gasteiger partial charge is 0.386 e. The molecule has 1 atom stereocenters. The summed E-state index contributed by atoms with van der Waals surface area (Å²) in [6.07, 6.45) is 2.07. The molecular weight excluding hydrogens is 138 g/mol. The van der Waals surface area contributed by atoms with Crippen LogP contribution in [0.1, 0.15) is 26.7 Å². The summed E-state index contributed by atoms with van der Waals surface area (Å²) < 4.78 is 0. The van der Waals surface area contributed by atoms with Crippen LogP contribution in [-0.4, -0.2) is 18.4 Å². The Morgan fingerprint density at radius 3 is 2.82 bits per heavy atom. The van der Waals surface area contributed by atoms with E-state index in [1.807, 2.05) is 0 Å². The molecule has 64 valence electrons. The predicted molar refractivity (Wildman–Crippen MR) is 47.5 cm³/mol. The molecule has 0 aromatic heterocycles. The van der Waals surface area contributed by atoms with Gasteiger partial charge in [-0.1, -0.05) is 13.8 Å². The Hall–Kier alpha value is -0.570. The molecule has 0 saturated carbocycles. The number of rotatable bonds is 0. The third-order valence-electron chi connectivity index (χ3n) is 2.20. The zero-order valence-electron chi connectivity index (χ0n) is 7.30. The van der Waals surface area contributed by atoms with Gasteiger partial charge in [-0.3, -0.25) is 4.99 Å². The number of nitrogens with two attached hydrogens (primary N) is 2. The molecule has 4 N–H and O–H groups in total. The molecule has 3 nitrogen and oxygen atoms in total. The first-order valence-electron chi connectivity index (χ1n) is 4.07. The number of nitrogens with zero attached hydrogens (tertiary/aromatic N) is 1. The molecule has 1 aliphatic rings. The van der Waals surface area contributed by atoms with Gasteiger partial charge in [0.15, 0.2) is 0 Å². The molecule has 1 aliphatic heterocycles. The first kappa shape index (κ1) is 8.53. The Kier molecular flexibility index (Phi) is 2.18. The second-order valence-corrected chi connectivity index (χ2v) is 4.05. The SMILES string of the molecule is CC1(C)CCC(N)C(N)=NC1. The van der Waals surface area contributed by atoms with Crippen LogP contribution >= 0.6 is 0 Å². The summed E-state index contributed by atoms with van der Waals surface area (Å²) in [7, 11) is 0. The Bertz CT molecular complexity index is 172. The van der Waals surface area contributed by atoms with Crippen LogP contribution in [0, 0.1) is 5.41 Å². The summed E-state index contributed by atoms with van der Waals surface area (Å²) in [6, 6.07) is -0.0169. The first-order valence-corrected chi connectivity index (χ1v) is 4.07. The lowest BCUT2D eigenvalue weighted by atomic mass is 9.87. The van der Waals surface area contributed by atoms with E-state index in [1.54, 1.807) is 0 Å². The monoisotopic (exact) mass is 155 g/mol. The van der Waals surface area contributed by atoms with E-state index in [9.17, 15) is 0 Å². The van der Waals surface area contributed by atoms with Gasteiger partial charge in [0.25, 0.3) is 0 Å². The van der Waals surface area contributed by atoms with Gasteiger partial charge in [0.1, 0.15) is 5.84 Å². The third-order valence-corrected chi connectivity index (χ3v) is 2.20. The van der Waals surface area contributed by atoms with E-state index in [2.05, 4.69) is 18.8 Å². The fourth-order valence-corrected chi connectivity index (χ4v) is 1.20. The van der Waals surface area contributed by atoms with Gasteiger partial charge >= 0.3 is 0 Å². The summed E-state index contributed by atoms with van der Waals surface area (Å²) in [5, 5.41) is 0. The third kappa shape index (κ3) is 2.19. The summed E-state index contributed by atoms with van der Waals surface area (Å²) in [5.74, 6) is 0.621. The molecule has 0 fully saturated rings. The first-order chi connectivity index (χ1) is 5.01. The Morgan fingerprint density at radius 1 is 1.55 bits per heavy atom. The van der Waals surface area contributed by atoms with Crippen molar-refractivity contribution in [1.29, 1.82) is 0 Å². The highest BCUT2D eigenvalue weighted by Crippen LogP contribution is 2.25. The smallest absolute Gasteiger partial charge is 0.111 e. The molecule has 0 bridgehead atoms. The van der Waals surface area contributed by atoms with Gasteiger partial charge < -0.3 is 11.5 Å². The normalized spacial score (nSPS) is 30.8. The molecule has 0 aromatic carbocycles. The summed E-state index contributed by atoms with van der Waals surface area (Å²) in [6.45, 7) is 5.20. The molecule has 0 saturated heterocycles. The van der Waals surface area contributed by atoms with Gasteiger partial charge in [0, 0.05) is 6.54 Å². The highest BCUT2D eigenvalue weighted by Gasteiger charge is 2.23. The summed E-state index contributed by atoms with van der Waals surface area (Å²) in [5.41, 5.74) is 11.6. The second kappa shape index (κ2) is 2.81. The van der Waals surface area contributed by atoms with E-state index < -0.39 is 0 Å². The van der Waals surface area contributed by atoms with Crippen molar-refractivity contribution >= 4 is 5.84 Å². The van der Waals surface area contributed by atoms with Crippen molar-refractivity contribution in [1.82, 2.24) is 0 Å². The van der Waals surface area contributed by atoms with E-state index in [0.717, 1.165) is 19.4 Å². The van der Waals surface area contributed by atoms with Crippen LogP contribution in [0.15, 0.2) is 4.99 Å². The fraction of sp³-hybridized carbons (Fsp3) is 0.875. The van der Waals surface area contributed by atoms with Crippen LogP contribution in [0.5, 0.6) is 0 Å². The second-order valence-electron chi connectivity index (χ2n) is 4.05. The van der Waals surface area contributed by atoms with E-state index >= 15 is 0 Å². The van der Waals surface area contributed by atoms with Gasteiger partial charge in [-0.15, -0.1) is 0 Å². The zero-order valence-corrected chi connectivity index (χ0v) is 7.30. The van der Waals surface area contributed by atoms with Crippen molar-refractivity contribution in [2.75, 3.05) is 6.54 Å². The highest BCUT2D eigenvalue weighted by molar-refractivity contribution is 5.85. The molecule has 0 amide bonds. The van der Waals surface area contributed by atoms with Crippen molar-refractivity contribution in [3.8, 4) is 0 Å². The molecule has 11 heavy (non-hydrogen) atoms. The maximum atomic E-state index is 5.74. The summed E-state index contributed by atoms with van der Waals surface area (Å²) >= 11 is 0. The van der Waals surface area contributed by atoms with Gasteiger partial charge in [-0.25, -0.2) is 0 Å². The van der Waals surface area contributed by atoms with Gasteiger partial charge in [0.05, 0.1) is 6.04 Å². The van der Waals surface area contributed by atoms with E-state index in [4.69, 9.17) is 11.5 Å². The molecule has 0 spiro atoms. The van der Waals surface area contributed by atoms with E-state index in [0.29, 0.717) is 5.84 Å². The predicted octanol–water partition coefficient (Wildman–Crippen LogP) is 0.491. The molecule has 0 radical (unpaired) electrons. The Morgan fingerprint density at radius 2 is 2.18 bits per heavy atom. The molecule has 1 rings (SSSR count). The number of hydrogen-bond acceptors (Lipinski definition) is 3. The molecular formula is C8H17N3. The molecule has 0 aromatic rings. The lowest BCUT2D eigenvalue weighted by molar-refractivity contribution is 0.343. The van der Waals surface area contributed by atoms with Crippen molar-refractivity contribution in [2.24, 2.45) is 21.9 Å². The van der Waals surface area contributed by atoms with Crippen LogP contribution in [0.2, 0.25) is 0 Å². The highest BCUT2D eigenvalue weighted by atomic mass is 14.9. The van der Waals surface area contributed by atoms with Crippen molar-refractivity contribution in [3.63, 3.8) is 0 Å². The number of aliphatic imine (C=N–C) groups is 1. The van der Waals surface area contributed by atoms with Crippen LogP contribution in [-0.2, 0) is 0 Å². The lowest BCUT2D eigenvalue weighted by Gasteiger charge is -2.19. The van der Waals surface area contributed by atoms with Crippen molar-refractivity contribution in [2.45, 2.75) is 32.7 Å². The van der Waals surface area contributed by atoms with E-state index in [1.165, 1.54) is 0 Å². The van der Waals surface area contributed by atoms with Crippen LogP contribution in [0.25, 0.3) is 0 Å². The zero-order chi connectivity index (χ0) is 8.48.